The highest BCUT2D eigenvalue weighted by Crippen LogP contribution is 2.67. The van der Waals surface area contributed by atoms with Gasteiger partial charge >= 0.3 is 29.2 Å². The van der Waals surface area contributed by atoms with E-state index >= 15 is 4.39 Å². The van der Waals surface area contributed by atoms with Crippen molar-refractivity contribution in [3.05, 3.63) is 27.0 Å². The summed E-state index contributed by atoms with van der Waals surface area (Å²) >= 11 is 0. The highest BCUT2D eigenvalue weighted by Gasteiger charge is 2.60. The number of aromatic nitrogens is 3. The number of phosphoric ester groups is 1. The van der Waals surface area contributed by atoms with Crippen LogP contribution in [0.4, 0.5) is 4.39 Å². The second-order valence-electron chi connectivity index (χ2n) is 6.44. The van der Waals surface area contributed by atoms with Crippen molar-refractivity contribution in [3.8, 4) is 12.3 Å². The quantitative estimate of drug-likeness (QED) is 0.154. The molecule has 0 amide bonds. The van der Waals surface area contributed by atoms with E-state index in [9.17, 15) is 38.2 Å². The van der Waals surface area contributed by atoms with Crippen molar-refractivity contribution in [2.24, 2.45) is 5.92 Å². The van der Waals surface area contributed by atoms with E-state index in [2.05, 4.69) is 18.2 Å². The van der Waals surface area contributed by atoms with Crippen molar-refractivity contribution in [2.75, 3.05) is 6.61 Å². The molecule has 0 aromatic carbocycles. The summed E-state index contributed by atoms with van der Waals surface area (Å²) in [5.41, 5.74) is -5.17. The first-order valence-corrected chi connectivity index (χ1v) is 12.9. The van der Waals surface area contributed by atoms with Crippen LogP contribution >= 0.6 is 23.5 Å². The summed E-state index contributed by atoms with van der Waals surface area (Å²) in [6.07, 6.45) is 0.231. The Labute approximate surface area is 182 Å². The highest BCUT2D eigenvalue weighted by molar-refractivity contribution is 7.66. The molecule has 0 radical (unpaired) electrons. The van der Waals surface area contributed by atoms with Crippen LogP contribution in [-0.2, 0) is 31.6 Å². The third kappa shape index (κ3) is 6.52. The zero-order chi connectivity index (χ0) is 25.4. The van der Waals surface area contributed by atoms with Crippen molar-refractivity contribution in [3.63, 3.8) is 0 Å². The minimum atomic E-state index is -5.84. The van der Waals surface area contributed by atoms with Crippen molar-refractivity contribution < 1.29 is 60.6 Å². The summed E-state index contributed by atoms with van der Waals surface area (Å²) in [4.78, 5) is 60.9. The van der Waals surface area contributed by atoms with Crippen molar-refractivity contribution in [1.29, 1.82) is 0 Å². The Balaban J connectivity index is 2.33. The molecule has 1 aliphatic rings. The number of aliphatic hydroxyl groups is 1. The van der Waals surface area contributed by atoms with Crippen LogP contribution in [0.25, 0.3) is 0 Å². The molecular formula is C12H17FN3O14P3. The van der Waals surface area contributed by atoms with Gasteiger partial charge in [0, 0.05) is 0 Å². The Bertz CT molecular complexity index is 1190. The first kappa shape index (κ1) is 27.7. The van der Waals surface area contributed by atoms with Gasteiger partial charge < -0.3 is 29.4 Å². The number of nitrogens with zero attached hydrogens (tertiary/aromatic N) is 2. The molecule has 17 nitrogen and oxygen atoms in total. The molecule has 0 saturated carbocycles. The lowest BCUT2D eigenvalue weighted by Gasteiger charge is -2.27. The van der Waals surface area contributed by atoms with Crippen LogP contribution in [0.5, 0.6) is 0 Å². The number of rotatable bonds is 9. The van der Waals surface area contributed by atoms with Gasteiger partial charge in [-0.2, -0.15) is 18.4 Å². The lowest BCUT2D eigenvalue weighted by Crippen LogP contribution is -2.45. The average molecular weight is 539 g/mol. The van der Waals surface area contributed by atoms with Crippen LogP contribution in [0.2, 0.25) is 0 Å². The Morgan fingerprint density at radius 1 is 1.30 bits per heavy atom. The lowest BCUT2D eigenvalue weighted by atomic mass is 9.86. The normalized spacial score (nSPS) is 30.2. The van der Waals surface area contributed by atoms with Crippen molar-refractivity contribution >= 4 is 23.5 Å². The summed E-state index contributed by atoms with van der Waals surface area (Å²) in [7, 11) is -17.1. The number of aromatic amines is 1. The van der Waals surface area contributed by atoms with E-state index in [0.717, 1.165) is 6.92 Å². The summed E-state index contributed by atoms with van der Waals surface area (Å²) < 4.78 is 67.1. The van der Waals surface area contributed by atoms with Gasteiger partial charge in [0.1, 0.15) is 6.20 Å². The van der Waals surface area contributed by atoms with E-state index in [1.165, 1.54) is 0 Å². The maximum Gasteiger partial charge on any atom is 0.490 e. The molecule has 0 bridgehead atoms. The third-order valence-electron chi connectivity index (χ3n) is 4.14. The molecule has 2 heterocycles. The van der Waals surface area contributed by atoms with Crippen LogP contribution < -0.4 is 11.2 Å². The van der Waals surface area contributed by atoms with Crippen LogP contribution in [0.15, 0.2) is 15.8 Å². The van der Waals surface area contributed by atoms with E-state index in [0.29, 0.717) is 10.9 Å². The largest absolute Gasteiger partial charge is 0.490 e. The second-order valence-corrected chi connectivity index (χ2v) is 10.8. The molecule has 33 heavy (non-hydrogen) atoms. The van der Waals surface area contributed by atoms with Crippen LogP contribution in [0.1, 0.15) is 13.2 Å². The number of H-pyrrole nitrogens is 1. The Hall–Kier alpha value is -1.57. The van der Waals surface area contributed by atoms with Crippen LogP contribution in [0.3, 0.4) is 0 Å². The molecule has 1 saturated heterocycles. The zero-order valence-corrected chi connectivity index (χ0v) is 18.9. The molecule has 4 unspecified atom stereocenters. The molecule has 7 atom stereocenters. The van der Waals surface area contributed by atoms with E-state index in [4.69, 9.17) is 20.9 Å². The van der Waals surface area contributed by atoms with Gasteiger partial charge in [-0.05, 0) is 6.92 Å². The molecule has 2 rings (SSSR count). The number of halogens is 1. The predicted octanol–water partition coefficient (Wildman–Crippen LogP) is -1.49. The first-order chi connectivity index (χ1) is 14.9. The van der Waals surface area contributed by atoms with Crippen LogP contribution in [0, 0.1) is 18.3 Å². The number of terminal acetylenes is 1. The summed E-state index contributed by atoms with van der Waals surface area (Å²) in [5.74, 6) is -0.0498. The topological polar surface area (TPSA) is 257 Å². The summed E-state index contributed by atoms with van der Waals surface area (Å²) in [6.45, 7) is -0.113. The lowest BCUT2D eigenvalue weighted by molar-refractivity contribution is -0.0799. The Morgan fingerprint density at radius 3 is 2.39 bits per heavy atom. The van der Waals surface area contributed by atoms with Crippen molar-refractivity contribution in [2.45, 2.75) is 31.0 Å². The molecule has 21 heteroatoms. The number of nitrogens with one attached hydrogen (secondary N) is 1. The van der Waals surface area contributed by atoms with Gasteiger partial charge in [-0.1, -0.05) is 5.92 Å². The van der Waals surface area contributed by atoms with E-state index < -0.39 is 71.3 Å². The molecule has 186 valence electrons. The van der Waals surface area contributed by atoms with E-state index in [1.807, 2.05) is 0 Å². The minimum absolute atomic E-state index is 0.307. The van der Waals surface area contributed by atoms with Gasteiger partial charge in [-0.15, -0.1) is 6.42 Å². The highest BCUT2D eigenvalue weighted by atomic mass is 31.3. The SMILES string of the molecule is C#CC1(F)C(CO)[C@@H]([C@@H](C)OP(=O)(O)OP(=O)(O)OP(=O)(O)O)O[C@H]1n1ncc(=O)[nH]c1=O. The average Bonchev–Trinajstić information content (AvgIpc) is 2.91. The van der Waals surface area contributed by atoms with Gasteiger partial charge in [0.05, 0.1) is 24.7 Å². The molecule has 1 aliphatic heterocycles. The Morgan fingerprint density at radius 2 is 1.91 bits per heavy atom. The third-order valence-corrected chi connectivity index (χ3v) is 8.06. The Kier molecular flexibility index (Phi) is 8.04. The molecule has 0 spiro atoms. The minimum Gasteiger partial charge on any atom is -0.396 e. The number of aliphatic hydroxyl groups excluding tert-OH is 1. The van der Waals surface area contributed by atoms with Gasteiger partial charge in [0.2, 0.25) is 11.9 Å². The number of hydrogen-bond acceptors (Lipinski definition) is 11. The van der Waals surface area contributed by atoms with Gasteiger partial charge in [0.25, 0.3) is 5.56 Å². The fourth-order valence-electron chi connectivity index (χ4n) is 2.95. The number of hydrogen-bond donors (Lipinski definition) is 6. The smallest absolute Gasteiger partial charge is 0.396 e. The molecule has 1 aromatic rings. The predicted molar refractivity (Wildman–Crippen MR) is 101 cm³/mol. The number of phosphoric acid groups is 3. The fraction of sp³-hybridized carbons (Fsp3) is 0.583. The molecule has 1 fully saturated rings. The maximum atomic E-state index is 15.6. The monoisotopic (exact) mass is 539 g/mol. The molecular weight excluding hydrogens is 522 g/mol. The van der Waals surface area contributed by atoms with Gasteiger partial charge in [0.15, 0.2) is 0 Å². The molecule has 6 N–H and O–H groups in total. The number of ether oxygens (including phenoxy) is 1. The molecule has 1 aromatic heterocycles. The van der Waals surface area contributed by atoms with E-state index in [1.54, 1.807) is 10.9 Å². The summed E-state index contributed by atoms with van der Waals surface area (Å²) in [6, 6.07) is 0. The van der Waals surface area contributed by atoms with Gasteiger partial charge in [-0.3, -0.25) is 14.3 Å². The number of alkyl halides is 1. The van der Waals surface area contributed by atoms with Crippen LogP contribution in [-0.4, -0.2) is 63.9 Å². The standard InChI is InChI=1S/C12H17FN3O14P3/c1-3-12(13)7(5-17)9(27-10(12)16-11(19)15-8(18)4-14-16)6(2)28-32(23,24)30-33(25,26)29-31(20,21)22/h1,4,6-7,9-10,17H,5H2,2H3,(H,23,24)(H,25,26)(H,15,18,19)(H2,20,21,22)/t6-,7?,9-,10-,12?/m1/s1. The maximum absolute atomic E-state index is 15.6. The first-order valence-electron chi connectivity index (χ1n) is 8.38. The van der Waals surface area contributed by atoms with Gasteiger partial charge in [-0.25, -0.2) is 22.9 Å². The molecule has 0 aliphatic carbocycles. The second kappa shape index (κ2) is 9.59. The fourth-order valence-corrected chi connectivity index (χ4v) is 6.15. The van der Waals surface area contributed by atoms with E-state index in [-0.39, 0.29) is 0 Å². The zero-order valence-electron chi connectivity index (χ0n) is 16.2. The summed E-state index contributed by atoms with van der Waals surface area (Å²) in [5, 5.41) is 13.1. The van der Waals surface area contributed by atoms with Crippen molar-refractivity contribution in [1.82, 2.24) is 14.8 Å².